The average Bonchev–Trinajstić information content (AvgIpc) is 2.93. The number of aliphatic carboxylic acids is 1. The molecule has 0 radical (unpaired) electrons. The normalized spacial score (nSPS) is 18.2. The van der Waals surface area contributed by atoms with Crippen LogP contribution in [0, 0.1) is 0 Å². The molecule has 2 heterocycles. The van der Waals surface area contributed by atoms with E-state index in [0.29, 0.717) is 30.1 Å². The molecule has 112 valence electrons. The molecule has 0 spiro atoms. The minimum atomic E-state index is -3.37. The van der Waals surface area contributed by atoms with Gasteiger partial charge < -0.3 is 9.84 Å². The zero-order valence-electron chi connectivity index (χ0n) is 10.9. The zero-order chi connectivity index (χ0) is 14.6. The molecule has 6 nitrogen and oxygen atoms in total. The van der Waals surface area contributed by atoms with Crippen molar-refractivity contribution in [3.63, 3.8) is 0 Å². The van der Waals surface area contributed by atoms with Crippen molar-refractivity contribution in [3.8, 4) is 0 Å². The van der Waals surface area contributed by atoms with Gasteiger partial charge in [-0.15, -0.1) is 11.3 Å². The van der Waals surface area contributed by atoms with E-state index >= 15 is 0 Å². The number of carboxylic acids is 1. The van der Waals surface area contributed by atoms with E-state index in [1.807, 2.05) is 0 Å². The van der Waals surface area contributed by atoms with Crippen LogP contribution in [-0.2, 0) is 19.6 Å². The Kier molecular flexibility index (Phi) is 5.14. The van der Waals surface area contributed by atoms with Crippen molar-refractivity contribution in [3.05, 3.63) is 17.5 Å². The molecule has 1 aliphatic heterocycles. The quantitative estimate of drug-likeness (QED) is 0.856. The van der Waals surface area contributed by atoms with Gasteiger partial charge in [0.2, 0.25) is 0 Å². The average molecular weight is 319 g/mol. The summed E-state index contributed by atoms with van der Waals surface area (Å²) >= 11 is 1.22. The number of nitrogens with zero attached hydrogens (tertiary/aromatic N) is 1. The number of hydrogen-bond acceptors (Lipinski definition) is 5. The van der Waals surface area contributed by atoms with Gasteiger partial charge in [-0.05, 0) is 24.3 Å². The van der Waals surface area contributed by atoms with E-state index in [1.165, 1.54) is 15.6 Å². The number of piperidine rings is 1. The maximum atomic E-state index is 12.3. The second kappa shape index (κ2) is 6.66. The fraction of sp³-hybridized carbons (Fsp3) is 0.583. The van der Waals surface area contributed by atoms with Crippen LogP contribution in [0.15, 0.2) is 21.7 Å². The molecule has 1 saturated heterocycles. The van der Waals surface area contributed by atoms with Gasteiger partial charge in [-0.2, -0.15) is 4.31 Å². The predicted molar refractivity (Wildman–Crippen MR) is 74.3 cm³/mol. The lowest BCUT2D eigenvalue weighted by atomic mass is 10.1. The molecule has 1 aromatic heterocycles. The van der Waals surface area contributed by atoms with E-state index in [9.17, 15) is 13.2 Å². The summed E-state index contributed by atoms with van der Waals surface area (Å²) in [5, 5.41) is 10.3. The maximum Gasteiger partial charge on any atom is 0.305 e. The first-order chi connectivity index (χ1) is 9.50. The Balaban J connectivity index is 1.84. The summed E-state index contributed by atoms with van der Waals surface area (Å²) in [6.07, 6.45) is 1.13. The van der Waals surface area contributed by atoms with Crippen LogP contribution < -0.4 is 0 Å². The smallest absolute Gasteiger partial charge is 0.305 e. The summed E-state index contributed by atoms with van der Waals surface area (Å²) < 4.78 is 31.8. The van der Waals surface area contributed by atoms with Crippen LogP contribution in [0.1, 0.15) is 19.3 Å². The Labute approximate surface area is 122 Å². The van der Waals surface area contributed by atoms with Crippen LogP contribution in [-0.4, -0.2) is 49.6 Å². The predicted octanol–water partition coefficient (Wildman–Crippen LogP) is 1.39. The number of hydrogen-bond donors (Lipinski definition) is 1. The van der Waals surface area contributed by atoms with Crippen LogP contribution in [0.4, 0.5) is 0 Å². The molecule has 1 N–H and O–H groups in total. The van der Waals surface area contributed by atoms with E-state index in [2.05, 4.69) is 0 Å². The number of sulfonamides is 1. The molecule has 0 unspecified atom stereocenters. The first-order valence-corrected chi connectivity index (χ1v) is 8.69. The number of ether oxygens (including phenoxy) is 1. The Morgan fingerprint density at radius 1 is 1.45 bits per heavy atom. The maximum absolute atomic E-state index is 12.3. The van der Waals surface area contributed by atoms with Gasteiger partial charge in [-0.3, -0.25) is 4.79 Å². The number of rotatable bonds is 6. The van der Waals surface area contributed by atoms with Gasteiger partial charge in [0, 0.05) is 13.1 Å². The van der Waals surface area contributed by atoms with Crippen molar-refractivity contribution >= 4 is 27.3 Å². The van der Waals surface area contributed by atoms with Crippen LogP contribution in [0.3, 0.4) is 0 Å². The molecule has 20 heavy (non-hydrogen) atoms. The highest BCUT2D eigenvalue weighted by Crippen LogP contribution is 2.24. The second-order valence-corrected chi connectivity index (χ2v) is 7.66. The van der Waals surface area contributed by atoms with Gasteiger partial charge in [0.15, 0.2) is 0 Å². The molecule has 2 rings (SSSR count). The summed E-state index contributed by atoms with van der Waals surface area (Å²) in [4.78, 5) is 10.4. The van der Waals surface area contributed by atoms with Crippen molar-refractivity contribution < 1.29 is 23.1 Å². The van der Waals surface area contributed by atoms with Gasteiger partial charge in [0.05, 0.1) is 19.1 Å². The SMILES string of the molecule is O=C(O)CCOC1CCN(S(=O)(=O)c2cccs2)CC1. The molecular weight excluding hydrogens is 302 g/mol. The van der Waals surface area contributed by atoms with E-state index < -0.39 is 16.0 Å². The largest absolute Gasteiger partial charge is 0.481 e. The van der Waals surface area contributed by atoms with E-state index in [0.717, 1.165) is 0 Å². The standard InChI is InChI=1S/C12H17NO5S2/c14-11(15)5-8-18-10-3-6-13(7-4-10)20(16,17)12-2-1-9-19-12/h1-2,9-10H,3-8H2,(H,14,15). The summed E-state index contributed by atoms with van der Waals surface area (Å²) in [6.45, 7) is 1.01. The minimum absolute atomic E-state index is 0.0201. The van der Waals surface area contributed by atoms with Crippen LogP contribution in [0.2, 0.25) is 0 Å². The summed E-state index contributed by atoms with van der Waals surface area (Å²) in [7, 11) is -3.37. The molecule has 1 aliphatic rings. The third kappa shape index (κ3) is 3.78. The topological polar surface area (TPSA) is 83.9 Å². The van der Waals surface area contributed by atoms with Gasteiger partial charge in [-0.1, -0.05) is 6.07 Å². The lowest BCUT2D eigenvalue weighted by molar-refractivity contribution is -0.138. The van der Waals surface area contributed by atoms with Crippen molar-refractivity contribution in [1.82, 2.24) is 4.31 Å². The summed E-state index contributed by atoms with van der Waals surface area (Å²) in [5.74, 6) is -0.886. The second-order valence-electron chi connectivity index (χ2n) is 4.55. The lowest BCUT2D eigenvalue weighted by Gasteiger charge is -2.30. The lowest BCUT2D eigenvalue weighted by Crippen LogP contribution is -2.40. The molecule has 0 amide bonds. The van der Waals surface area contributed by atoms with Gasteiger partial charge in [-0.25, -0.2) is 8.42 Å². The minimum Gasteiger partial charge on any atom is -0.481 e. The van der Waals surface area contributed by atoms with Gasteiger partial charge >= 0.3 is 5.97 Å². The van der Waals surface area contributed by atoms with Gasteiger partial charge in [0.1, 0.15) is 4.21 Å². The van der Waals surface area contributed by atoms with E-state index in [-0.39, 0.29) is 19.1 Å². The van der Waals surface area contributed by atoms with Crippen molar-refractivity contribution in [2.24, 2.45) is 0 Å². The molecule has 8 heteroatoms. The Morgan fingerprint density at radius 2 is 2.15 bits per heavy atom. The molecular formula is C12H17NO5S2. The first kappa shape index (κ1) is 15.4. The highest BCUT2D eigenvalue weighted by molar-refractivity contribution is 7.91. The fourth-order valence-electron chi connectivity index (χ4n) is 2.09. The van der Waals surface area contributed by atoms with Crippen molar-refractivity contribution in [2.75, 3.05) is 19.7 Å². The molecule has 0 saturated carbocycles. The van der Waals surface area contributed by atoms with Crippen LogP contribution >= 0.6 is 11.3 Å². The third-order valence-electron chi connectivity index (χ3n) is 3.16. The summed E-state index contributed by atoms with van der Waals surface area (Å²) in [6, 6.07) is 3.33. The van der Waals surface area contributed by atoms with Crippen LogP contribution in [0.25, 0.3) is 0 Å². The Bertz CT molecular complexity index is 532. The Hall–Kier alpha value is -0.960. The molecule has 0 atom stereocenters. The Morgan fingerprint density at radius 3 is 2.70 bits per heavy atom. The number of carboxylic acid groups (broad SMARTS) is 1. The van der Waals surface area contributed by atoms with Crippen LogP contribution in [0.5, 0.6) is 0 Å². The first-order valence-electron chi connectivity index (χ1n) is 6.37. The molecule has 0 bridgehead atoms. The summed E-state index contributed by atoms with van der Waals surface area (Å²) in [5.41, 5.74) is 0. The third-order valence-corrected chi connectivity index (χ3v) is 6.43. The zero-order valence-corrected chi connectivity index (χ0v) is 12.5. The molecule has 1 fully saturated rings. The van der Waals surface area contributed by atoms with Crippen molar-refractivity contribution in [1.29, 1.82) is 0 Å². The fourth-order valence-corrected chi connectivity index (χ4v) is 4.70. The highest BCUT2D eigenvalue weighted by Gasteiger charge is 2.30. The van der Waals surface area contributed by atoms with Gasteiger partial charge in [0.25, 0.3) is 10.0 Å². The van der Waals surface area contributed by atoms with E-state index in [4.69, 9.17) is 9.84 Å². The number of thiophene rings is 1. The van der Waals surface area contributed by atoms with Crippen molar-refractivity contribution in [2.45, 2.75) is 29.6 Å². The monoisotopic (exact) mass is 319 g/mol. The highest BCUT2D eigenvalue weighted by atomic mass is 32.2. The van der Waals surface area contributed by atoms with E-state index in [1.54, 1.807) is 17.5 Å². The molecule has 0 aliphatic carbocycles. The number of carbonyl (C=O) groups is 1. The molecule has 0 aromatic carbocycles. The molecule has 1 aromatic rings.